The van der Waals surface area contributed by atoms with Crippen molar-refractivity contribution in [1.29, 1.82) is 0 Å². The molecule has 0 bridgehead atoms. The van der Waals surface area contributed by atoms with E-state index in [-0.39, 0.29) is 5.41 Å². The average Bonchev–Trinajstić information content (AvgIpc) is 2.84. The van der Waals surface area contributed by atoms with Gasteiger partial charge in [-0.3, -0.25) is 0 Å². The minimum absolute atomic E-state index is 0.0965. The summed E-state index contributed by atoms with van der Waals surface area (Å²) in [5.41, 5.74) is 6.21. The number of aryl methyl sites for hydroxylation is 2. The Morgan fingerprint density at radius 3 is 2.61 bits per heavy atom. The first kappa shape index (κ1) is 13.9. The lowest BCUT2D eigenvalue weighted by Gasteiger charge is -2.22. The Bertz CT molecular complexity index is 553. The lowest BCUT2D eigenvalue weighted by molar-refractivity contribution is 0.350. The van der Waals surface area contributed by atoms with Crippen LogP contribution in [0, 0.1) is 19.3 Å². The molecule has 1 aromatic heterocycles. The SMILES string of the molecule is Cc1nc(C)c(S(=O)(=O)N2CCC(C)(CN)C2)s1. The van der Waals surface area contributed by atoms with Crippen molar-refractivity contribution in [3.05, 3.63) is 10.7 Å². The maximum atomic E-state index is 12.5. The number of nitrogens with zero attached hydrogens (tertiary/aromatic N) is 2. The van der Waals surface area contributed by atoms with E-state index in [1.165, 1.54) is 11.3 Å². The number of sulfonamides is 1. The number of thiazole rings is 1. The van der Waals surface area contributed by atoms with Gasteiger partial charge in [0.1, 0.15) is 0 Å². The summed E-state index contributed by atoms with van der Waals surface area (Å²) in [7, 11) is -3.40. The van der Waals surface area contributed by atoms with Gasteiger partial charge in [0.15, 0.2) is 4.21 Å². The highest BCUT2D eigenvalue weighted by molar-refractivity contribution is 7.91. The van der Waals surface area contributed by atoms with Crippen LogP contribution in [0.2, 0.25) is 0 Å². The predicted octanol–water partition coefficient (Wildman–Crippen LogP) is 1.12. The maximum absolute atomic E-state index is 12.5. The zero-order chi connectivity index (χ0) is 13.6. The zero-order valence-electron chi connectivity index (χ0n) is 10.9. The topological polar surface area (TPSA) is 76.3 Å². The second-order valence-corrected chi connectivity index (χ2v) is 8.55. The monoisotopic (exact) mass is 289 g/mol. The lowest BCUT2D eigenvalue weighted by atomic mass is 9.90. The van der Waals surface area contributed by atoms with Crippen molar-refractivity contribution in [2.24, 2.45) is 11.1 Å². The summed E-state index contributed by atoms with van der Waals surface area (Å²) in [6, 6.07) is 0. The molecule has 0 radical (unpaired) electrons. The Hall–Kier alpha value is -0.500. The van der Waals surface area contributed by atoms with Crippen molar-refractivity contribution < 1.29 is 8.42 Å². The molecule has 0 aromatic carbocycles. The van der Waals surface area contributed by atoms with Gasteiger partial charge in [0.2, 0.25) is 0 Å². The Kier molecular flexibility index (Phi) is 3.52. The maximum Gasteiger partial charge on any atom is 0.254 e. The van der Waals surface area contributed by atoms with Gasteiger partial charge in [0, 0.05) is 13.1 Å². The first-order valence-electron chi connectivity index (χ1n) is 5.93. The Morgan fingerprint density at radius 1 is 1.50 bits per heavy atom. The molecule has 7 heteroatoms. The molecule has 0 aliphatic carbocycles. The highest BCUT2D eigenvalue weighted by atomic mass is 32.2. The fraction of sp³-hybridized carbons (Fsp3) is 0.727. The standard InChI is InChI=1S/C11H19N3O2S2/c1-8-10(17-9(2)13-8)18(15,16)14-5-4-11(3,6-12)7-14/h4-7,12H2,1-3H3. The lowest BCUT2D eigenvalue weighted by Crippen LogP contribution is -2.34. The molecule has 1 aliphatic rings. The van der Waals surface area contributed by atoms with E-state index < -0.39 is 10.0 Å². The average molecular weight is 289 g/mol. The van der Waals surface area contributed by atoms with Gasteiger partial charge in [-0.05, 0) is 32.2 Å². The van der Waals surface area contributed by atoms with Gasteiger partial charge >= 0.3 is 0 Å². The molecule has 18 heavy (non-hydrogen) atoms. The van der Waals surface area contributed by atoms with Crippen LogP contribution in [0.15, 0.2) is 4.21 Å². The van der Waals surface area contributed by atoms with Crippen LogP contribution < -0.4 is 5.73 Å². The molecule has 2 rings (SSSR count). The molecule has 1 atom stereocenters. The minimum atomic E-state index is -3.40. The third-order valence-corrected chi connectivity index (χ3v) is 6.96. The zero-order valence-corrected chi connectivity index (χ0v) is 12.6. The number of hydrogen-bond acceptors (Lipinski definition) is 5. The second kappa shape index (κ2) is 4.56. The summed E-state index contributed by atoms with van der Waals surface area (Å²) >= 11 is 1.24. The largest absolute Gasteiger partial charge is 0.330 e. The van der Waals surface area contributed by atoms with E-state index in [0.717, 1.165) is 11.4 Å². The van der Waals surface area contributed by atoms with Crippen LogP contribution in [0.5, 0.6) is 0 Å². The molecule has 1 aromatic rings. The highest BCUT2D eigenvalue weighted by Gasteiger charge is 2.40. The molecular weight excluding hydrogens is 270 g/mol. The smallest absolute Gasteiger partial charge is 0.254 e. The van der Waals surface area contributed by atoms with Crippen LogP contribution in [-0.4, -0.2) is 37.3 Å². The van der Waals surface area contributed by atoms with Crippen molar-refractivity contribution in [3.63, 3.8) is 0 Å². The number of aromatic nitrogens is 1. The first-order valence-corrected chi connectivity index (χ1v) is 8.18. The normalized spacial score (nSPS) is 25.8. The summed E-state index contributed by atoms with van der Waals surface area (Å²) in [5.74, 6) is 0. The van der Waals surface area contributed by atoms with Crippen LogP contribution in [-0.2, 0) is 10.0 Å². The molecule has 2 heterocycles. The first-order chi connectivity index (χ1) is 8.28. The number of hydrogen-bond donors (Lipinski definition) is 1. The van der Waals surface area contributed by atoms with E-state index in [9.17, 15) is 8.42 Å². The van der Waals surface area contributed by atoms with E-state index >= 15 is 0 Å². The van der Waals surface area contributed by atoms with Crippen molar-refractivity contribution >= 4 is 21.4 Å². The van der Waals surface area contributed by atoms with Crippen molar-refractivity contribution in [1.82, 2.24) is 9.29 Å². The van der Waals surface area contributed by atoms with Gasteiger partial charge in [0.25, 0.3) is 10.0 Å². The molecule has 5 nitrogen and oxygen atoms in total. The van der Waals surface area contributed by atoms with Gasteiger partial charge in [0.05, 0.1) is 10.7 Å². The minimum Gasteiger partial charge on any atom is -0.330 e. The van der Waals surface area contributed by atoms with Gasteiger partial charge in [-0.15, -0.1) is 11.3 Å². The van der Waals surface area contributed by atoms with Gasteiger partial charge < -0.3 is 5.73 Å². The summed E-state index contributed by atoms with van der Waals surface area (Å²) < 4.78 is 27.0. The molecule has 1 unspecified atom stereocenters. The Morgan fingerprint density at radius 2 is 2.17 bits per heavy atom. The van der Waals surface area contributed by atoms with Crippen molar-refractivity contribution in [2.75, 3.05) is 19.6 Å². The van der Waals surface area contributed by atoms with E-state index in [1.54, 1.807) is 11.2 Å². The summed E-state index contributed by atoms with van der Waals surface area (Å²) in [6.45, 7) is 7.17. The molecule has 2 N–H and O–H groups in total. The van der Waals surface area contributed by atoms with Crippen LogP contribution in [0.3, 0.4) is 0 Å². The molecule has 0 saturated carbocycles. The third-order valence-electron chi connectivity index (χ3n) is 3.45. The molecule has 0 spiro atoms. The van der Waals surface area contributed by atoms with Crippen molar-refractivity contribution in [2.45, 2.75) is 31.4 Å². The van der Waals surface area contributed by atoms with Gasteiger partial charge in [-0.25, -0.2) is 13.4 Å². The molecule has 0 amide bonds. The molecule has 1 fully saturated rings. The van der Waals surface area contributed by atoms with Gasteiger partial charge in [-0.1, -0.05) is 6.92 Å². The summed E-state index contributed by atoms with van der Waals surface area (Å²) in [6.07, 6.45) is 0.819. The molecule has 1 aliphatic heterocycles. The fourth-order valence-electron chi connectivity index (χ4n) is 2.22. The van der Waals surface area contributed by atoms with E-state index in [2.05, 4.69) is 4.98 Å². The van der Waals surface area contributed by atoms with Crippen LogP contribution >= 0.6 is 11.3 Å². The van der Waals surface area contributed by atoms with Crippen molar-refractivity contribution in [3.8, 4) is 0 Å². The summed E-state index contributed by atoms with van der Waals surface area (Å²) in [4.78, 5) is 4.19. The Labute approximate surface area is 112 Å². The quantitative estimate of drug-likeness (QED) is 0.904. The number of rotatable bonds is 3. The van der Waals surface area contributed by atoms with E-state index in [4.69, 9.17) is 5.73 Å². The highest BCUT2D eigenvalue weighted by Crippen LogP contribution is 2.34. The Balaban J connectivity index is 2.31. The third kappa shape index (κ3) is 2.32. The fourth-order valence-corrected chi connectivity index (χ4v) is 5.43. The summed E-state index contributed by atoms with van der Waals surface area (Å²) in [5, 5.41) is 0.784. The molecular formula is C11H19N3O2S2. The predicted molar refractivity (Wildman–Crippen MR) is 72.1 cm³/mol. The van der Waals surface area contributed by atoms with Crippen LogP contribution in [0.25, 0.3) is 0 Å². The van der Waals surface area contributed by atoms with E-state index in [0.29, 0.717) is 29.5 Å². The van der Waals surface area contributed by atoms with Gasteiger partial charge in [-0.2, -0.15) is 4.31 Å². The van der Waals surface area contributed by atoms with Crippen LogP contribution in [0.1, 0.15) is 24.0 Å². The second-order valence-electron chi connectivity index (χ2n) is 5.21. The molecule has 102 valence electrons. The van der Waals surface area contributed by atoms with E-state index in [1.807, 2.05) is 13.8 Å². The molecule has 1 saturated heterocycles. The number of nitrogens with two attached hydrogens (primary N) is 1. The van der Waals surface area contributed by atoms with Crippen LogP contribution in [0.4, 0.5) is 0 Å².